The van der Waals surface area contributed by atoms with Crippen molar-refractivity contribution in [2.45, 2.75) is 24.8 Å². The van der Waals surface area contributed by atoms with Crippen molar-refractivity contribution in [3.8, 4) is 0 Å². The molecule has 2 aromatic rings. The van der Waals surface area contributed by atoms with Gasteiger partial charge in [0.05, 0.1) is 4.90 Å². The summed E-state index contributed by atoms with van der Waals surface area (Å²) in [5.41, 5.74) is 1.00. The van der Waals surface area contributed by atoms with E-state index in [0.717, 1.165) is 5.56 Å². The Kier molecular flexibility index (Phi) is 3.79. The first-order valence-electron chi connectivity index (χ1n) is 5.38. The fourth-order valence-corrected chi connectivity index (χ4v) is 3.16. The number of nitrogens with zero attached hydrogens (tertiary/aromatic N) is 1. The van der Waals surface area contributed by atoms with Gasteiger partial charge >= 0.3 is 0 Å². The zero-order valence-corrected chi connectivity index (χ0v) is 11.7. The number of aromatic nitrogens is 1. The largest absolute Gasteiger partial charge is 0.297 e. The summed E-state index contributed by atoms with van der Waals surface area (Å²) < 4.78 is 29.1. The minimum atomic E-state index is -3.74. The van der Waals surface area contributed by atoms with Gasteiger partial charge < -0.3 is 0 Å². The molecule has 0 aliphatic rings. The Morgan fingerprint density at radius 1 is 1.28 bits per heavy atom. The minimum absolute atomic E-state index is 0.163. The second kappa shape index (κ2) is 5.17. The van der Waals surface area contributed by atoms with Crippen LogP contribution < -0.4 is 0 Å². The summed E-state index contributed by atoms with van der Waals surface area (Å²) in [6.45, 7) is 3.57. The van der Waals surface area contributed by atoms with Gasteiger partial charge in [0, 0.05) is 11.6 Å². The van der Waals surface area contributed by atoms with Crippen LogP contribution in [0.1, 0.15) is 23.6 Å². The topological polar surface area (TPSA) is 56.3 Å². The molecule has 1 atom stereocenters. The third-order valence-electron chi connectivity index (χ3n) is 2.38. The Balaban J connectivity index is 2.20. The van der Waals surface area contributed by atoms with Crippen LogP contribution in [0.5, 0.6) is 0 Å². The number of hydrogen-bond donors (Lipinski definition) is 0. The van der Waals surface area contributed by atoms with E-state index in [1.165, 1.54) is 11.3 Å². The van der Waals surface area contributed by atoms with Gasteiger partial charge in [0.2, 0.25) is 0 Å². The lowest BCUT2D eigenvalue weighted by atomic mass is 10.2. The van der Waals surface area contributed by atoms with Crippen molar-refractivity contribution in [2.75, 3.05) is 0 Å². The highest BCUT2D eigenvalue weighted by molar-refractivity contribution is 7.86. The molecule has 0 bridgehead atoms. The van der Waals surface area contributed by atoms with E-state index in [4.69, 9.17) is 4.18 Å². The molecule has 0 spiro atoms. The van der Waals surface area contributed by atoms with E-state index in [1.807, 2.05) is 6.92 Å². The second-order valence-electron chi connectivity index (χ2n) is 3.88. The van der Waals surface area contributed by atoms with Crippen LogP contribution in [0.15, 0.2) is 40.7 Å². The summed E-state index contributed by atoms with van der Waals surface area (Å²) >= 11 is 1.37. The van der Waals surface area contributed by atoms with E-state index in [9.17, 15) is 8.42 Å². The van der Waals surface area contributed by atoms with Gasteiger partial charge in [-0.3, -0.25) is 4.18 Å². The summed E-state index contributed by atoms with van der Waals surface area (Å²) in [6.07, 6.45) is 1.05. The summed E-state index contributed by atoms with van der Waals surface area (Å²) in [7, 11) is -3.74. The molecule has 18 heavy (non-hydrogen) atoms. The lowest BCUT2D eigenvalue weighted by molar-refractivity contribution is 0.233. The molecular weight excluding hydrogens is 270 g/mol. The predicted octanol–water partition coefficient (Wildman–Crippen LogP) is 2.92. The number of benzene rings is 1. The second-order valence-corrected chi connectivity index (χ2v) is 6.37. The maximum atomic E-state index is 12.0. The molecule has 1 unspecified atom stereocenters. The van der Waals surface area contributed by atoms with E-state index in [0.29, 0.717) is 5.01 Å². The van der Waals surface area contributed by atoms with Gasteiger partial charge in [-0.15, -0.1) is 11.3 Å². The van der Waals surface area contributed by atoms with Gasteiger partial charge in [-0.2, -0.15) is 8.42 Å². The molecule has 0 aliphatic heterocycles. The first-order chi connectivity index (χ1) is 8.49. The first kappa shape index (κ1) is 13.2. The maximum absolute atomic E-state index is 12.0. The highest BCUT2D eigenvalue weighted by Gasteiger charge is 2.21. The molecule has 1 heterocycles. The number of thiazole rings is 1. The summed E-state index contributed by atoms with van der Waals surface area (Å²) in [6, 6.07) is 6.56. The van der Waals surface area contributed by atoms with Crippen LogP contribution in [0, 0.1) is 6.92 Å². The molecule has 1 aromatic heterocycles. The SMILES string of the molecule is Cc1ccc(S(=O)(=O)OC(C)c2nccs2)cc1. The molecule has 2 rings (SSSR count). The van der Waals surface area contributed by atoms with Crippen LogP contribution in [-0.2, 0) is 14.3 Å². The molecule has 0 fully saturated rings. The fraction of sp³-hybridized carbons (Fsp3) is 0.250. The van der Waals surface area contributed by atoms with E-state index in [1.54, 1.807) is 42.8 Å². The molecule has 0 N–H and O–H groups in total. The molecule has 96 valence electrons. The van der Waals surface area contributed by atoms with E-state index in [2.05, 4.69) is 4.98 Å². The minimum Gasteiger partial charge on any atom is -0.256 e. The average molecular weight is 283 g/mol. The standard InChI is InChI=1S/C12H13NO3S2/c1-9-3-5-11(6-4-9)18(14,15)16-10(2)12-13-7-8-17-12/h3-8,10H,1-2H3. The Hall–Kier alpha value is -1.24. The third kappa shape index (κ3) is 2.95. The van der Waals surface area contributed by atoms with Crippen molar-refractivity contribution in [3.05, 3.63) is 46.4 Å². The molecule has 4 nitrogen and oxygen atoms in total. The fourth-order valence-electron chi connectivity index (χ4n) is 1.43. The van der Waals surface area contributed by atoms with Gasteiger partial charge in [0.25, 0.3) is 10.1 Å². The van der Waals surface area contributed by atoms with Crippen molar-refractivity contribution >= 4 is 21.5 Å². The van der Waals surface area contributed by atoms with Gasteiger partial charge in [0.15, 0.2) is 0 Å². The molecule has 0 saturated carbocycles. The number of hydrogen-bond acceptors (Lipinski definition) is 5. The van der Waals surface area contributed by atoms with Crippen molar-refractivity contribution < 1.29 is 12.6 Å². The average Bonchev–Trinajstić information content (AvgIpc) is 2.82. The third-order valence-corrected chi connectivity index (χ3v) is 4.71. The zero-order valence-electron chi connectivity index (χ0n) is 10.0. The van der Waals surface area contributed by atoms with Crippen LogP contribution in [0.2, 0.25) is 0 Å². The zero-order chi connectivity index (χ0) is 13.2. The van der Waals surface area contributed by atoms with Crippen LogP contribution in [0.4, 0.5) is 0 Å². The molecule has 0 radical (unpaired) electrons. The normalized spacial score (nSPS) is 13.4. The van der Waals surface area contributed by atoms with E-state index < -0.39 is 16.2 Å². The number of rotatable bonds is 4. The van der Waals surface area contributed by atoms with Gasteiger partial charge in [-0.05, 0) is 26.0 Å². The quantitative estimate of drug-likeness (QED) is 0.810. The maximum Gasteiger partial charge on any atom is 0.297 e. The lowest BCUT2D eigenvalue weighted by Crippen LogP contribution is -2.10. The summed E-state index contributed by atoms with van der Waals surface area (Å²) in [4.78, 5) is 4.20. The molecule has 0 saturated heterocycles. The van der Waals surface area contributed by atoms with E-state index in [-0.39, 0.29) is 4.90 Å². The first-order valence-corrected chi connectivity index (χ1v) is 7.67. The molecule has 6 heteroatoms. The Morgan fingerprint density at radius 2 is 1.94 bits per heavy atom. The molecule has 1 aromatic carbocycles. The summed E-state index contributed by atoms with van der Waals surface area (Å²) in [5, 5.41) is 2.43. The van der Waals surface area contributed by atoms with Gasteiger partial charge in [-0.25, -0.2) is 4.98 Å². The highest BCUT2D eigenvalue weighted by atomic mass is 32.2. The molecule has 0 amide bonds. The van der Waals surface area contributed by atoms with E-state index >= 15 is 0 Å². The predicted molar refractivity (Wildman–Crippen MR) is 70.0 cm³/mol. The van der Waals surface area contributed by atoms with Crippen molar-refractivity contribution in [1.82, 2.24) is 4.98 Å². The van der Waals surface area contributed by atoms with Crippen LogP contribution in [-0.4, -0.2) is 13.4 Å². The van der Waals surface area contributed by atoms with Gasteiger partial charge in [-0.1, -0.05) is 17.7 Å². The van der Waals surface area contributed by atoms with Crippen LogP contribution >= 0.6 is 11.3 Å². The van der Waals surface area contributed by atoms with Crippen LogP contribution in [0.3, 0.4) is 0 Å². The van der Waals surface area contributed by atoms with Crippen LogP contribution in [0.25, 0.3) is 0 Å². The smallest absolute Gasteiger partial charge is 0.256 e. The monoisotopic (exact) mass is 283 g/mol. The Labute approximate surface area is 110 Å². The van der Waals surface area contributed by atoms with Crippen molar-refractivity contribution in [3.63, 3.8) is 0 Å². The highest BCUT2D eigenvalue weighted by Crippen LogP contribution is 2.24. The molecular formula is C12H13NO3S2. The van der Waals surface area contributed by atoms with Crippen molar-refractivity contribution in [1.29, 1.82) is 0 Å². The molecule has 0 aliphatic carbocycles. The summed E-state index contributed by atoms with van der Waals surface area (Å²) in [5.74, 6) is 0. The Bertz CT molecular complexity index is 603. The Morgan fingerprint density at radius 3 is 2.50 bits per heavy atom. The van der Waals surface area contributed by atoms with Gasteiger partial charge in [0.1, 0.15) is 11.1 Å². The van der Waals surface area contributed by atoms with Crippen molar-refractivity contribution in [2.24, 2.45) is 0 Å². The lowest BCUT2D eigenvalue weighted by Gasteiger charge is -2.10. The number of aryl methyl sites for hydroxylation is 1.